The first-order chi connectivity index (χ1) is 12.8. The van der Waals surface area contributed by atoms with Crippen molar-refractivity contribution < 1.29 is 13.2 Å². The van der Waals surface area contributed by atoms with E-state index in [4.69, 9.17) is 11.6 Å². The lowest BCUT2D eigenvalue weighted by molar-refractivity contribution is -0.122. The lowest BCUT2D eigenvalue weighted by Crippen LogP contribution is -2.49. The summed E-state index contributed by atoms with van der Waals surface area (Å²) in [6, 6.07) is 15.5. The molecular weight excluding hydrogens is 384 g/mol. The van der Waals surface area contributed by atoms with Crippen molar-refractivity contribution in [1.82, 2.24) is 5.32 Å². The van der Waals surface area contributed by atoms with Crippen LogP contribution in [0.4, 0.5) is 5.69 Å². The summed E-state index contributed by atoms with van der Waals surface area (Å²) in [5.41, 5.74) is 1.51. The number of rotatable bonds is 9. The van der Waals surface area contributed by atoms with Crippen LogP contribution in [0.5, 0.6) is 0 Å². The molecule has 0 aliphatic carbocycles. The van der Waals surface area contributed by atoms with Crippen LogP contribution >= 0.6 is 11.6 Å². The number of nitrogens with zero attached hydrogens (tertiary/aromatic N) is 1. The zero-order chi connectivity index (χ0) is 19.9. The maximum atomic E-state index is 12.7. The van der Waals surface area contributed by atoms with E-state index in [0.717, 1.165) is 24.7 Å². The summed E-state index contributed by atoms with van der Waals surface area (Å²) >= 11 is 6.14. The van der Waals surface area contributed by atoms with E-state index in [1.807, 2.05) is 24.3 Å². The van der Waals surface area contributed by atoms with Gasteiger partial charge in [0.25, 0.3) is 0 Å². The summed E-state index contributed by atoms with van der Waals surface area (Å²) in [6.07, 6.45) is 2.95. The van der Waals surface area contributed by atoms with E-state index in [2.05, 4.69) is 5.32 Å². The average molecular weight is 409 g/mol. The van der Waals surface area contributed by atoms with Gasteiger partial charge in [-0.3, -0.25) is 9.10 Å². The third-order valence-electron chi connectivity index (χ3n) is 4.22. The summed E-state index contributed by atoms with van der Waals surface area (Å²) in [5, 5.41) is 3.57. The van der Waals surface area contributed by atoms with Gasteiger partial charge in [0, 0.05) is 11.6 Å². The second kappa shape index (κ2) is 9.76. The van der Waals surface area contributed by atoms with Gasteiger partial charge in [-0.2, -0.15) is 0 Å². The number of aryl methyl sites for hydroxylation is 1. The molecule has 1 N–H and O–H groups in total. The molecule has 0 saturated carbocycles. The molecule has 27 heavy (non-hydrogen) atoms. The van der Waals surface area contributed by atoms with Gasteiger partial charge in [-0.25, -0.2) is 8.42 Å². The van der Waals surface area contributed by atoms with Gasteiger partial charge in [0.1, 0.15) is 6.04 Å². The summed E-state index contributed by atoms with van der Waals surface area (Å²) < 4.78 is 25.8. The number of anilines is 1. The van der Waals surface area contributed by atoms with Crippen molar-refractivity contribution in [3.8, 4) is 0 Å². The van der Waals surface area contributed by atoms with Crippen molar-refractivity contribution in [3.63, 3.8) is 0 Å². The van der Waals surface area contributed by atoms with Crippen molar-refractivity contribution in [1.29, 1.82) is 0 Å². The van der Waals surface area contributed by atoms with Gasteiger partial charge in [-0.15, -0.1) is 0 Å². The second-order valence-electron chi connectivity index (χ2n) is 6.30. The Hall–Kier alpha value is -2.05. The highest BCUT2D eigenvalue weighted by Gasteiger charge is 2.31. The number of sulfonamides is 1. The molecule has 0 aromatic heterocycles. The van der Waals surface area contributed by atoms with E-state index < -0.39 is 16.1 Å². The zero-order valence-corrected chi connectivity index (χ0v) is 17.1. The summed E-state index contributed by atoms with van der Waals surface area (Å²) in [7, 11) is -3.60. The first-order valence-corrected chi connectivity index (χ1v) is 11.1. The number of hydrogen-bond donors (Lipinski definition) is 1. The normalized spacial score (nSPS) is 12.4. The molecule has 2 aromatic rings. The highest BCUT2D eigenvalue weighted by atomic mass is 35.5. The molecule has 2 rings (SSSR count). The van der Waals surface area contributed by atoms with Gasteiger partial charge >= 0.3 is 0 Å². The SMILES string of the molecule is CCC(C(=O)NCCCc1ccccc1Cl)N(c1ccccc1)S(C)(=O)=O. The quantitative estimate of drug-likeness (QED) is 0.644. The van der Waals surface area contributed by atoms with Crippen molar-refractivity contribution in [2.45, 2.75) is 32.2 Å². The topological polar surface area (TPSA) is 66.5 Å². The minimum Gasteiger partial charge on any atom is -0.354 e. The Morgan fingerprint density at radius 3 is 2.33 bits per heavy atom. The molecule has 2 aromatic carbocycles. The summed E-state index contributed by atoms with van der Waals surface area (Å²) in [6.45, 7) is 2.25. The molecule has 0 saturated heterocycles. The Morgan fingerprint density at radius 2 is 1.74 bits per heavy atom. The fraction of sp³-hybridized carbons (Fsp3) is 0.350. The third-order valence-corrected chi connectivity index (χ3v) is 5.77. The van der Waals surface area contributed by atoms with E-state index in [1.54, 1.807) is 37.3 Å². The minimum absolute atomic E-state index is 0.300. The number of carbonyl (C=O) groups excluding carboxylic acids is 1. The highest BCUT2D eigenvalue weighted by molar-refractivity contribution is 7.92. The number of nitrogens with one attached hydrogen (secondary N) is 1. The maximum Gasteiger partial charge on any atom is 0.243 e. The Balaban J connectivity index is 2.02. The lowest BCUT2D eigenvalue weighted by Gasteiger charge is -2.30. The highest BCUT2D eigenvalue weighted by Crippen LogP contribution is 2.22. The standard InChI is InChI=1S/C20H25ClN2O3S/c1-3-19(23(27(2,25)26)17-12-5-4-6-13-17)20(24)22-15-9-11-16-10-7-8-14-18(16)21/h4-8,10,12-14,19H,3,9,11,15H2,1-2H3,(H,22,24). The van der Waals surface area contributed by atoms with E-state index in [0.29, 0.717) is 23.7 Å². The van der Waals surface area contributed by atoms with Crippen LogP contribution in [-0.4, -0.2) is 33.2 Å². The molecule has 1 atom stereocenters. The molecule has 0 aliphatic heterocycles. The smallest absolute Gasteiger partial charge is 0.243 e. The zero-order valence-electron chi connectivity index (χ0n) is 15.6. The van der Waals surface area contributed by atoms with E-state index >= 15 is 0 Å². The Morgan fingerprint density at radius 1 is 1.11 bits per heavy atom. The largest absolute Gasteiger partial charge is 0.354 e. The molecule has 0 radical (unpaired) electrons. The predicted octanol–water partition coefficient (Wildman–Crippen LogP) is 3.63. The molecule has 0 fully saturated rings. The molecule has 1 unspecified atom stereocenters. The Bertz CT molecular complexity index is 857. The van der Waals surface area contributed by atoms with Gasteiger partial charge < -0.3 is 5.32 Å². The molecule has 1 amide bonds. The van der Waals surface area contributed by atoms with Crippen LogP contribution in [0.1, 0.15) is 25.3 Å². The monoisotopic (exact) mass is 408 g/mol. The average Bonchev–Trinajstić information content (AvgIpc) is 2.64. The molecule has 7 heteroatoms. The Kier molecular flexibility index (Phi) is 7.68. The third kappa shape index (κ3) is 5.97. The number of hydrogen-bond acceptors (Lipinski definition) is 3. The van der Waals surface area contributed by atoms with E-state index in [-0.39, 0.29) is 5.91 Å². The van der Waals surface area contributed by atoms with Crippen LogP contribution in [0.2, 0.25) is 5.02 Å². The van der Waals surface area contributed by atoms with Crippen molar-refractivity contribution in [3.05, 3.63) is 65.2 Å². The number of amides is 1. The molecule has 146 valence electrons. The second-order valence-corrected chi connectivity index (χ2v) is 8.57. The van der Waals surface area contributed by atoms with Gasteiger partial charge in [-0.1, -0.05) is 54.9 Å². The first kappa shape index (κ1) is 21.3. The molecule has 0 aliphatic rings. The Labute approximate surface area is 166 Å². The molecule has 0 heterocycles. The van der Waals surface area contributed by atoms with Gasteiger partial charge in [-0.05, 0) is 43.0 Å². The van der Waals surface area contributed by atoms with Crippen LogP contribution in [0.15, 0.2) is 54.6 Å². The van der Waals surface area contributed by atoms with Crippen molar-refractivity contribution >= 4 is 33.2 Å². The number of benzene rings is 2. The van der Waals surface area contributed by atoms with Crippen LogP contribution in [0, 0.1) is 0 Å². The van der Waals surface area contributed by atoms with Crippen LogP contribution in [0.3, 0.4) is 0 Å². The van der Waals surface area contributed by atoms with Gasteiger partial charge in [0.15, 0.2) is 0 Å². The van der Waals surface area contributed by atoms with Crippen molar-refractivity contribution in [2.24, 2.45) is 0 Å². The molecule has 0 spiro atoms. The predicted molar refractivity (Wildman–Crippen MR) is 111 cm³/mol. The van der Waals surface area contributed by atoms with Crippen LogP contribution in [0.25, 0.3) is 0 Å². The number of halogens is 1. The molecule has 5 nitrogen and oxygen atoms in total. The maximum absolute atomic E-state index is 12.7. The fourth-order valence-corrected chi connectivity index (χ4v) is 4.39. The van der Waals surface area contributed by atoms with Crippen LogP contribution < -0.4 is 9.62 Å². The summed E-state index contributed by atoms with van der Waals surface area (Å²) in [5.74, 6) is -0.300. The van der Waals surface area contributed by atoms with Gasteiger partial charge in [0.05, 0.1) is 11.9 Å². The van der Waals surface area contributed by atoms with E-state index in [9.17, 15) is 13.2 Å². The number of carbonyl (C=O) groups is 1. The van der Waals surface area contributed by atoms with E-state index in [1.165, 1.54) is 4.31 Å². The number of para-hydroxylation sites is 1. The first-order valence-electron chi connectivity index (χ1n) is 8.90. The summed E-state index contributed by atoms with van der Waals surface area (Å²) in [4.78, 5) is 12.7. The van der Waals surface area contributed by atoms with Crippen molar-refractivity contribution in [2.75, 3.05) is 17.1 Å². The van der Waals surface area contributed by atoms with Crippen LogP contribution in [-0.2, 0) is 21.2 Å². The lowest BCUT2D eigenvalue weighted by atomic mass is 10.1. The fourth-order valence-electron chi connectivity index (χ4n) is 2.94. The minimum atomic E-state index is -3.60. The molecule has 0 bridgehead atoms. The van der Waals surface area contributed by atoms with Gasteiger partial charge in [0.2, 0.25) is 15.9 Å². The molecular formula is C20H25ClN2O3S.